The molecule has 0 heterocycles. The van der Waals surface area contributed by atoms with Crippen LogP contribution in [-0.2, 0) is 22.6 Å². The van der Waals surface area contributed by atoms with Gasteiger partial charge >= 0.3 is 0 Å². The fraction of sp³-hybridized carbons (Fsp3) is 0.286. The molecule has 0 aliphatic heterocycles. The van der Waals surface area contributed by atoms with Crippen molar-refractivity contribution in [1.82, 2.24) is 10.2 Å². The summed E-state index contributed by atoms with van der Waals surface area (Å²) < 4.78 is 0. The maximum Gasteiger partial charge on any atom is 0.243 e. The van der Waals surface area contributed by atoms with Gasteiger partial charge in [-0.3, -0.25) is 9.59 Å². The second-order valence-electron chi connectivity index (χ2n) is 8.26. The molecule has 2 amide bonds. The van der Waals surface area contributed by atoms with Gasteiger partial charge in [-0.15, -0.1) is 11.8 Å². The fourth-order valence-electron chi connectivity index (χ4n) is 3.77. The van der Waals surface area contributed by atoms with Crippen molar-refractivity contribution in [2.24, 2.45) is 0 Å². The fourth-order valence-corrected chi connectivity index (χ4v) is 5.21. The molecule has 3 rings (SSSR count). The van der Waals surface area contributed by atoms with E-state index in [0.29, 0.717) is 40.9 Å². The van der Waals surface area contributed by atoms with Crippen molar-refractivity contribution in [3.63, 3.8) is 0 Å². The van der Waals surface area contributed by atoms with Gasteiger partial charge in [0.1, 0.15) is 6.04 Å². The van der Waals surface area contributed by atoms with Gasteiger partial charge in [0.25, 0.3) is 0 Å². The Balaban J connectivity index is 1.79. The number of carbonyl (C=O) groups is 2. The van der Waals surface area contributed by atoms with Gasteiger partial charge in [-0.05, 0) is 66.6 Å². The predicted octanol–water partition coefficient (Wildman–Crippen LogP) is 7.30. The Labute approximate surface area is 232 Å². The van der Waals surface area contributed by atoms with E-state index in [1.807, 2.05) is 61.5 Å². The van der Waals surface area contributed by atoms with Crippen LogP contribution in [0.4, 0.5) is 0 Å². The van der Waals surface area contributed by atoms with Crippen molar-refractivity contribution in [2.75, 3.05) is 12.3 Å². The normalized spacial score (nSPS) is 11.7. The van der Waals surface area contributed by atoms with Crippen molar-refractivity contribution >= 4 is 58.4 Å². The highest BCUT2D eigenvalue weighted by Gasteiger charge is 2.30. The third-order valence-electron chi connectivity index (χ3n) is 5.60. The van der Waals surface area contributed by atoms with E-state index >= 15 is 0 Å². The maximum absolute atomic E-state index is 13.6. The molecular formula is C28H29Cl3N2O2S. The first-order chi connectivity index (χ1) is 17.4. The Morgan fingerprint density at radius 1 is 0.944 bits per heavy atom. The zero-order valence-corrected chi connectivity index (χ0v) is 23.1. The van der Waals surface area contributed by atoms with Crippen molar-refractivity contribution in [2.45, 2.75) is 43.7 Å². The number of halogens is 3. The number of thioether (sulfide) groups is 1. The lowest BCUT2D eigenvalue weighted by molar-refractivity contribution is -0.141. The lowest BCUT2D eigenvalue weighted by atomic mass is 10.0. The van der Waals surface area contributed by atoms with Crippen LogP contribution in [0.15, 0.2) is 77.7 Å². The minimum atomic E-state index is -0.671. The highest BCUT2D eigenvalue weighted by Crippen LogP contribution is 2.25. The van der Waals surface area contributed by atoms with Gasteiger partial charge in [0.05, 0.1) is 0 Å². The number of carbonyl (C=O) groups excluding carboxylic acids is 2. The van der Waals surface area contributed by atoms with Crippen LogP contribution in [0.1, 0.15) is 30.9 Å². The topological polar surface area (TPSA) is 49.4 Å². The van der Waals surface area contributed by atoms with E-state index < -0.39 is 6.04 Å². The lowest BCUT2D eigenvalue weighted by Gasteiger charge is -2.32. The highest BCUT2D eigenvalue weighted by atomic mass is 35.5. The van der Waals surface area contributed by atoms with Gasteiger partial charge in [0.15, 0.2) is 0 Å². The Morgan fingerprint density at radius 2 is 1.64 bits per heavy atom. The van der Waals surface area contributed by atoms with E-state index in [4.69, 9.17) is 34.8 Å². The molecule has 0 unspecified atom stereocenters. The summed E-state index contributed by atoms with van der Waals surface area (Å²) in [6.07, 6.45) is 1.39. The Bertz CT molecular complexity index is 1140. The summed E-state index contributed by atoms with van der Waals surface area (Å²) in [5, 5.41) is 4.58. The molecule has 0 fully saturated rings. The summed E-state index contributed by atoms with van der Waals surface area (Å²) in [5.41, 5.74) is 1.72. The molecule has 8 heteroatoms. The summed E-state index contributed by atoms with van der Waals surface area (Å²) in [6.45, 7) is 2.56. The second-order valence-corrected chi connectivity index (χ2v) is 10.7. The molecule has 0 aromatic heterocycles. The van der Waals surface area contributed by atoms with E-state index in [1.165, 1.54) is 0 Å². The lowest BCUT2D eigenvalue weighted by Crippen LogP contribution is -2.50. The molecular weight excluding hydrogens is 535 g/mol. The van der Waals surface area contributed by atoms with E-state index in [-0.39, 0.29) is 18.4 Å². The van der Waals surface area contributed by atoms with Gasteiger partial charge in [-0.1, -0.05) is 71.2 Å². The quantitative estimate of drug-likeness (QED) is 0.186. The van der Waals surface area contributed by atoms with Crippen LogP contribution in [0, 0.1) is 0 Å². The van der Waals surface area contributed by atoms with Crippen molar-refractivity contribution in [3.8, 4) is 0 Å². The van der Waals surface area contributed by atoms with Crippen molar-refractivity contribution in [1.29, 1.82) is 0 Å². The molecule has 36 heavy (non-hydrogen) atoms. The van der Waals surface area contributed by atoms with Crippen LogP contribution < -0.4 is 5.32 Å². The monoisotopic (exact) mass is 562 g/mol. The minimum Gasteiger partial charge on any atom is -0.355 e. The Hall–Kier alpha value is -2.18. The summed E-state index contributed by atoms with van der Waals surface area (Å²) in [4.78, 5) is 29.5. The molecule has 4 nitrogen and oxygen atoms in total. The van der Waals surface area contributed by atoms with Crippen LogP contribution in [0.2, 0.25) is 15.1 Å². The highest BCUT2D eigenvalue weighted by molar-refractivity contribution is 7.99. The first kappa shape index (κ1) is 28.4. The van der Waals surface area contributed by atoms with Gasteiger partial charge in [0, 0.05) is 45.9 Å². The van der Waals surface area contributed by atoms with Gasteiger partial charge < -0.3 is 10.2 Å². The summed E-state index contributed by atoms with van der Waals surface area (Å²) in [5.74, 6) is 0.494. The zero-order valence-electron chi connectivity index (χ0n) is 20.1. The molecule has 3 aromatic rings. The van der Waals surface area contributed by atoms with E-state index in [0.717, 1.165) is 21.8 Å². The molecule has 0 radical (unpaired) electrons. The van der Waals surface area contributed by atoms with Gasteiger partial charge in [-0.25, -0.2) is 0 Å². The van der Waals surface area contributed by atoms with Crippen LogP contribution in [0.3, 0.4) is 0 Å². The number of nitrogens with zero attached hydrogens (tertiary/aromatic N) is 1. The average Bonchev–Trinajstić information content (AvgIpc) is 2.87. The number of likely N-dealkylation sites (N-methyl/N-ethyl adjacent to an activating group) is 1. The van der Waals surface area contributed by atoms with Crippen molar-refractivity contribution < 1.29 is 9.59 Å². The number of nitrogens with one attached hydrogen (secondary N) is 1. The molecule has 3 aromatic carbocycles. The second kappa shape index (κ2) is 14.5. The first-order valence-corrected chi connectivity index (χ1v) is 13.9. The third kappa shape index (κ3) is 8.74. The average molecular weight is 564 g/mol. The Kier molecular flexibility index (Phi) is 11.5. The molecule has 190 valence electrons. The van der Waals surface area contributed by atoms with Crippen LogP contribution >= 0.6 is 46.6 Å². The molecule has 0 aliphatic carbocycles. The molecule has 0 spiro atoms. The zero-order chi connectivity index (χ0) is 25.9. The number of hydrogen-bond acceptors (Lipinski definition) is 3. The van der Waals surface area contributed by atoms with E-state index in [2.05, 4.69) is 5.32 Å². The third-order valence-corrected chi connectivity index (χ3v) is 7.53. The standard InChI is InChI=1S/C28H29Cl3N2O2S/c1-2-32-28(35)26(17-20-7-4-3-5-8-20)33(19-21-10-11-23(30)18-25(21)31)27(34)9-6-16-36-24-14-12-22(29)13-15-24/h3-5,7-8,10-15,18,26H,2,6,9,16-17,19H2,1H3,(H,32,35)/t26-/m0/s1. The van der Waals surface area contributed by atoms with Gasteiger partial charge in [0.2, 0.25) is 11.8 Å². The van der Waals surface area contributed by atoms with Crippen LogP contribution in [-0.4, -0.2) is 35.1 Å². The molecule has 1 atom stereocenters. The molecule has 1 N–H and O–H groups in total. The number of amides is 2. The molecule has 0 aliphatic rings. The number of rotatable bonds is 12. The summed E-state index contributed by atoms with van der Waals surface area (Å²) >= 11 is 20.2. The first-order valence-electron chi connectivity index (χ1n) is 11.8. The SMILES string of the molecule is CCNC(=O)[C@H](Cc1ccccc1)N(Cc1ccc(Cl)cc1Cl)C(=O)CCCSc1ccc(Cl)cc1. The molecule has 0 saturated carbocycles. The van der Waals surface area contributed by atoms with E-state index in [9.17, 15) is 9.59 Å². The van der Waals surface area contributed by atoms with E-state index in [1.54, 1.807) is 34.9 Å². The molecule has 0 saturated heterocycles. The minimum absolute atomic E-state index is 0.0927. The van der Waals surface area contributed by atoms with Gasteiger partial charge in [-0.2, -0.15) is 0 Å². The number of benzene rings is 3. The largest absolute Gasteiger partial charge is 0.355 e. The molecule has 0 bridgehead atoms. The van der Waals surface area contributed by atoms with Crippen molar-refractivity contribution in [3.05, 3.63) is 99.0 Å². The number of hydrogen-bond donors (Lipinski definition) is 1. The Morgan fingerprint density at radius 3 is 2.31 bits per heavy atom. The maximum atomic E-state index is 13.6. The summed E-state index contributed by atoms with van der Waals surface area (Å²) in [6, 6.07) is 21.9. The van der Waals surface area contributed by atoms with Crippen LogP contribution in [0.25, 0.3) is 0 Å². The smallest absolute Gasteiger partial charge is 0.243 e. The van der Waals surface area contributed by atoms with Crippen LogP contribution in [0.5, 0.6) is 0 Å². The summed E-state index contributed by atoms with van der Waals surface area (Å²) in [7, 11) is 0. The predicted molar refractivity (Wildman–Crippen MR) is 151 cm³/mol.